The van der Waals surface area contributed by atoms with Crippen molar-refractivity contribution in [3.05, 3.63) is 52.7 Å². The molecule has 27 heavy (non-hydrogen) atoms. The van der Waals surface area contributed by atoms with E-state index in [1.807, 2.05) is 39.2 Å². The summed E-state index contributed by atoms with van der Waals surface area (Å²) in [7, 11) is 3.99. The molecular formula is C21H27N3O3. The Balaban J connectivity index is 1.58. The molecule has 3 rings (SSSR count). The number of hydrogen-bond acceptors (Lipinski definition) is 5. The second-order valence-electron chi connectivity index (χ2n) is 7.21. The lowest BCUT2D eigenvalue weighted by atomic mass is 9.96. The topological polar surface area (TPSA) is 63.7 Å². The van der Waals surface area contributed by atoms with Crippen molar-refractivity contribution in [2.24, 2.45) is 0 Å². The monoisotopic (exact) mass is 369 g/mol. The average molecular weight is 369 g/mol. The van der Waals surface area contributed by atoms with Gasteiger partial charge in [0.2, 0.25) is 11.8 Å². The zero-order chi connectivity index (χ0) is 19.4. The van der Waals surface area contributed by atoms with Crippen LogP contribution in [-0.4, -0.2) is 49.6 Å². The fourth-order valence-electron chi connectivity index (χ4n) is 2.97. The van der Waals surface area contributed by atoms with Gasteiger partial charge < -0.3 is 19.7 Å². The van der Waals surface area contributed by atoms with Crippen LogP contribution in [0.1, 0.15) is 28.2 Å². The normalized spacial score (nSPS) is 15.4. The molecule has 0 bridgehead atoms. The highest BCUT2D eigenvalue weighted by atomic mass is 16.5. The number of carbonyl (C=O) groups excluding carboxylic acids is 1. The van der Waals surface area contributed by atoms with Crippen LogP contribution in [0.2, 0.25) is 0 Å². The lowest BCUT2D eigenvalue weighted by Gasteiger charge is -2.13. The van der Waals surface area contributed by atoms with Crippen molar-refractivity contribution in [1.82, 2.24) is 15.2 Å². The lowest BCUT2D eigenvalue weighted by Crippen LogP contribution is -2.29. The van der Waals surface area contributed by atoms with Gasteiger partial charge in [0.1, 0.15) is 24.9 Å². The van der Waals surface area contributed by atoms with E-state index >= 15 is 0 Å². The van der Waals surface area contributed by atoms with Crippen LogP contribution >= 0.6 is 0 Å². The van der Waals surface area contributed by atoms with E-state index in [9.17, 15) is 4.79 Å². The zero-order valence-electron chi connectivity index (χ0n) is 16.4. The second kappa shape index (κ2) is 8.39. The Bertz CT molecular complexity index is 820. The SMILES string of the molecule is Cc1cc2c(cc1C)C(C(=O)NCc1ccnc(OCCN(C)C)c1)CO2. The number of pyridine rings is 1. The van der Waals surface area contributed by atoms with Crippen LogP contribution in [0.3, 0.4) is 0 Å². The van der Waals surface area contributed by atoms with Crippen LogP contribution in [0.5, 0.6) is 11.6 Å². The van der Waals surface area contributed by atoms with E-state index in [-0.39, 0.29) is 11.8 Å². The summed E-state index contributed by atoms with van der Waals surface area (Å²) in [4.78, 5) is 18.9. The molecule has 144 valence electrons. The van der Waals surface area contributed by atoms with Crippen LogP contribution < -0.4 is 14.8 Å². The predicted molar refractivity (Wildman–Crippen MR) is 104 cm³/mol. The molecule has 1 atom stereocenters. The van der Waals surface area contributed by atoms with Crippen molar-refractivity contribution < 1.29 is 14.3 Å². The number of aromatic nitrogens is 1. The van der Waals surface area contributed by atoms with Crippen LogP contribution in [-0.2, 0) is 11.3 Å². The zero-order valence-corrected chi connectivity index (χ0v) is 16.4. The molecular weight excluding hydrogens is 342 g/mol. The number of benzene rings is 1. The lowest BCUT2D eigenvalue weighted by molar-refractivity contribution is -0.122. The van der Waals surface area contributed by atoms with Crippen LogP contribution in [0, 0.1) is 13.8 Å². The fraction of sp³-hybridized carbons (Fsp3) is 0.429. The first-order valence-electron chi connectivity index (χ1n) is 9.18. The van der Waals surface area contributed by atoms with Crippen LogP contribution in [0.25, 0.3) is 0 Å². The van der Waals surface area contributed by atoms with Gasteiger partial charge in [0.15, 0.2) is 0 Å². The highest BCUT2D eigenvalue weighted by Gasteiger charge is 2.30. The Hall–Kier alpha value is -2.60. The van der Waals surface area contributed by atoms with Crippen LogP contribution in [0.4, 0.5) is 0 Å². The molecule has 1 aliphatic heterocycles. The van der Waals surface area contributed by atoms with Gasteiger partial charge >= 0.3 is 0 Å². The minimum atomic E-state index is -0.267. The molecule has 0 saturated carbocycles. The van der Waals surface area contributed by atoms with Gasteiger partial charge in [-0.3, -0.25) is 4.79 Å². The summed E-state index contributed by atoms with van der Waals surface area (Å²) in [5.41, 5.74) is 4.27. The van der Waals surface area contributed by atoms with Crippen molar-refractivity contribution in [3.8, 4) is 11.6 Å². The summed E-state index contributed by atoms with van der Waals surface area (Å²) in [6, 6.07) is 7.82. The van der Waals surface area contributed by atoms with Crippen molar-refractivity contribution in [3.63, 3.8) is 0 Å². The van der Waals surface area contributed by atoms with Crippen molar-refractivity contribution in [1.29, 1.82) is 0 Å². The van der Waals surface area contributed by atoms with Crippen molar-refractivity contribution in [2.75, 3.05) is 33.9 Å². The number of likely N-dealkylation sites (N-methyl/N-ethyl adjacent to an activating group) is 1. The summed E-state index contributed by atoms with van der Waals surface area (Å²) in [6.07, 6.45) is 1.70. The maximum Gasteiger partial charge on any atom is 0.231 e. The predicted octanol–water partition coefficient (Wildman–Crippen LogP) is 2.43. The van der Waals surface area contributed by atoms with Crippen molar-refractivity contribution in [2.45, 2.75) is 26.3 Å². The van der Waals surface area contributed by atoms with Gasteiger partial charge in [-0.05, 0) is 56.8 Å². The molecule has 2 aromatic rings. The minimum Gasteiger partial charge on any atom is -0.492 e. The third kappa shape index (κ3) is 4.77. The van der Waals surface area contributed by atoms with E-state index in [0.717, 1.165) is 23.4 Å². The third-order valence-electron chi connectivity index (χ3n) is 4.78. The number of amides is 1. The van der Waals surface area contributed by atoms with E-state index in [4.69, 9.17) is 9.47 Å². The van der Waals surface area contributed by atoms with Gasteiger partial charge in [-0.1, -0.05) is 6.07 Å². The Morgan fingerprint density at radius 3 is 2.85 bits per heavy atom. The largest absolute Gasteiger partial charge is 0.492 e. The van der Waals surface area contributed by atoms with Gasteiger partial charge in [-0.25, -0.2) is 4.98 Å². The molecule has 0 fully saturated rings. The van der Waals surface area contributed by atoms with Gasteiger partial charge in [0.05, 0.1) is 0 Å². The summed E-state index contributed by atoms with van der Waals surface area (Å²) in [5, 5.41) is 3.01. The summed E-state index contributed by atoms with van der Waals surface area (Å²) in [6.45, 7) is 6.32. The van der Waals surface area contributed by atoms with Crippen molar-refractivity contribution >= 4 is 5.91 Å². The standard InChI is InChI=1S/C21H27N3O3/c1-14-9-17-18(13-27-19(17)10-15(14)2)21(25)23-12-16-5-6-22-20(11-16)26-8-7-24(3)4/h5-6,9-11,18H,7-8,12-13H2,1-4H3,(H,23,25). The third-order valence-corrected chi connectivity index (χ3v) is 4.78. The molecule has 0 aliphatic carbocycles. The smallest absolute Gasteiger partial charge is 0.231 e. The van der Waals surface area contributed by atoms with E-state index in [1.54, 1.807) is 6.20 Å². The summed E-state index contributed by atoms with van der Waals surface area (Å²) >= 11 is 0. The maximum absolute atomic E-state index is 12.7. The molecule has 1 N–H and O–H groups in total. The number of rotatable bonds is 7. The highest BCUT2D eigenvalue weighted by Crippen LogP contribution is 2.36. The number of fused-ring (bicyclic) bond motifs is 1. The molecule has 0 radical (unpaired) electrons. The maximum atomic E-state index is 12.7. The first kappa shape index (κ1) is 19.2. The highest BCUT2D eigenvalue weighted by molar-refractivity contribution is 5.85. The summed E-state index contributed by atoms with van der Waals surface area (Å²) in [5.74, 6) is 1.10. The van der Waals surface area contributed by atoms with Gasteiger partial charge in [0.25, 0.3) is 0 Å². The Labute approximate surface area is 160 Å². The van der Waals surface area contributed by atoms with Gasteiger partial charge in [-0.15, -0.1) is 0 Å². The molecule has 1 unspecified atom stereocenters. The Morgan fingerprint density at radius 1 is 1.30 bits per heavy atom. The Morgan fingerprint density at radius 2 is 2.07 bits per heavy atom. The minimum absolute atomic E-state index is 0.0242. The fourth-order valence-corrected chi connectivity index (χ4v) is 2.97. The number of ether oxygens (including phenoxy) is 2. The number of hydrogen-bond donors (Lipinski definition) is 1. The molecule has 6 nitrogen and oxygen atoms in total. The molecule has 2 heterocycles. The molecule has 6 heteroatoms. The second-order valence-corrected chi connectivity index (χ2v) is 7.21. The molecule has 1 aromatic heterocycles. The van der Waals surface area contributed by atoms with Gasteiger partial charge in [-0.2, -0.15) is 0 Å². The van der Waals surface area contributed by atoms with E-state index in [1.165, 1.54) is 11.1 Å². The average Bonchev–Trinajstić information content (AvgIpc) is 3.03. The summed E-state index contributed by atoms with van der Waals surface area (Å²) < 4.78 is 11.4. The van der Waals surface area contributed by atoms with E-state index < -0.39 is 0 Å². The molecule has 0 saturated heterocycles. The molecule has 1 amide bonds. The molecule has 1 aromatic carbocycles. The first-order chi connectivity index (χ1) is 12.9. The Kier molecular flexibility index (Phi) is 5.96. The molecule has 1 aliphatic rings. The van der Waals surface area contributed by atoms with Gasteiger partial charge in [0, 0.05) is 30.9 Å². The number of carbonyl (C=O) groups is 1. The quantitative estimate of drug-likeness (QED) is 0.812. The van der Waals surface area contributed by atoms with E-state index in [2.05, 4.69) is 28.2 Å². The number of nitrogens with zero attached hydrogens (tertiary/aromatic N) is 2. The number of aryl methyl sites for hydroxylation is 2. The number of nitrogens with one attached hydrogen (secondary N) is 1. The molecule has 0 spiro atoms. The first-order valence-corrected chi connectivity index (χ1v) is 9.18. The van der Waals surface area contributed by atoms with Crippen LogP contribution in [0.15, 0.2) is 30.5 Å². The van der Waals surface area contributed by atoms with E-state index in [0.29, 0.717) is 25.6 Å².